The number of hydrazine groups is 1. The number of hydrogen-bond acceptors (Lipinski definition) is 3. The first-order valence-corrected chi connectivity index (χ1v) is 6.94. The summed E-state index contributed by atoms with van der Waals surface area (Å²) in [6.45, 7) is 1.63. The number of halogens is 1. The average Bonchev–Trinajstić information content (AvgIpc) is 2.92. The molecule has 0 spiro atoms. The molecule has 1 heterocycles. The normalized spacial score (nSPS) is 10.1. The van der Waals surface area contributed by atoms with Gasteiger partial charge in [-0.3, -0.25) is 20.4 Å². The van der Waals surface area contributed by atoms with Crippen molar-refractivity contribution in [2.24, 2.45) is 7.05 Å². The topological polar surface area (TPSA) is 72.4 Å². The summed E-state index contributed by atoms with van der Waals surface area (Å²) < 4.78 is 6.97. The maximum atomic E-state index is 11.8. The third-order valence-electron chi connectivity index (χ3n) is 2.99. The highest BCUT2D eigenvalue weighted by Gasteiger charge is 2.10. The molecule has 2 amide bonds. The summed E-state index contributed by atoms with van der Waals surface area (Å²) in [7, 11) is 1.74. The van der Waals surface area contributed by atoms with E-state index in [1.807, 2.05) is 6.92 Å². The van der Waals surface area contributed by atoms with E-state index >= 15 is 0 Å². The number of hydrogen-bond donors (Lipinski definition) is 2. The highest BCUT2D eigenvalue weighted by molar-refractivity contribution is 6.31. The van der Waals surface area contributed by atoms with Crippen molar-refractivity contribution in [1.29, 1.82) is 0 Å². The molecule has 0 saturated heterocycles. The van der Waals surface area contributed by atoms with Crippen LogP contribution >= 0.6 is 11.6 Å². The maximum Gasteiger partial charge on any atom is 0.286 e. The van der Waals surface area contributed by atoms with Gasteiger partial charge in [-0.2, -0.15) is 0 Å². The molecule has 7 heteroatoms. The third kappa shape index (κ3) is 4.02. The van der Waals surface area contributed by atoms with Gasteiger partial charge >= 0.3 is 0 Å². The van der Waals surface area contributed by atoms with E-state index in [1.165, 1.54) is 0 Å². The first-order chi connectivity index (χ1) is 10.5. The molecule has 0 saturated carbocycles. The monoisotopic (exact) mass is 321 g/mol. The van der Waals surface area contributed by atoms with E-state index in [2.05, 4.69) is 10.9 Å². The zero-order valence-corrected chi connectivity index (χ0v) is 13.0. The SMILES string of the molecule is Cc1cc(OCC(=O)NNC(=O)c2cccn2C)ccc1Cl. The quantitative estimate of drug-likeness (QED) is 0.844. The predicted molar refractivity (Wildman–Crippen MR) is 82.7 cm³/mol. The number of amides is 2. The standard InChI is InChI=1S/C15H16ClN3O3/c1-10-8-11(5-6-12(10)16)22-9-14(20)17-18-15(21)13-4-3-7-19(13)2/h3-8H,9H2,1-2H3,(H,17,20)(H,18,21). The Bertz CT molecular complexity index is 697. The lowest BCUT2D eigenvalue weighted by molar-refractivity contribution is -0.123. The molecule has 22 heavy (non-hydrogen) atoms. The predicted octanol–water partition coefficient (Wildman–Crippen LogP) is 1.83. The second-order valence-electron chi connectivity index (χ2n) is 4.71. The Labute approximate surface area is 133 Å². The third-order valence-corrected chi connectivity index (χ3v) is 3.42. The van der Waals surface area contributed by atoms with Crippen molar-refractivity contribution in [2.45, 2.75) is 6.92 Å². The molecule has 2 N–H and O–H groups in total. The van der Waals surface area contributed by atoms with E-state index in [0.29, 0.717) is 16.5 Å². The molecule has 0 bridgehead atoms. The summed E-state index contributed by atoms with van der Waals surface area (Å²) in [5.41, 5.74) is 5.91. The molecule has 1 aromatic carbocycles. The van der Waals surface area contributed by atoms with Gasteiger partial charge < -0.3 is 9.30 Å². The van der Waals surface area contributed by atoms with E-state index in [1.54, 1.807) is 48.1 Å². The molecule has 116 valence electrons. The van der Waals surface area contributed by atoms with Crippen LogP contribution in [0.5, 0.6) is 5.75 Å². The van der Waals surface area contributed by atoms with Crippen molar-refractivity contribution in [2.75, 3.05) is 6.61 Å². The average molecular weight is 322 g/mol. The van der Waals surface area contributed by atoms with E-state index in [4.69, 9.17) is 16.3 Å². The number of nitrogens with one attached hydrogen (secondary N) is 2. The van der Waals surface area contributed by atoms with Crippen molar-refractivity contribution in [3.8, 4) is 5.75 Å². The minimum absolute atomic E-state index is 0.214. The van der Waals surface area contributed by atoms with E-state index in [-0.39, 0.29) is 6.61 Å². The molecule has 0 aliphatic carbocycles. The number of aromatic nitrogens is 1. The molecule has 0 unspecified atom stereocenters. The molecule has 1 aromatic heterocycles. The summed E-state index contributed by atoms with van der Waals surface area (Å²) in [5, 5.41) is 0.631. The van der Waals surface area contributed by atoms with Crippen molar-refractivity contribution >= 4 is 23.4 Å². The van der Waals surface area contributed by atoms with E-state index in [0.717, 1.165) is 5.56 Å². The van der Waals surface area contributed by atoms with Gasteiger partial charge in [-0.15, -0.1) is 0 Å². The summed E-state index contributed by atoms with van der Waals surface area (Å²) in [6, 6.07) is 8.49. The van der Waals surface area contributed by atoms with Gasteiger partial charge in [0.1, 0.15) is 11.4 Å². The molecule has 0 fully saturated rings. The number of aryl methyl sites for hydroxylation is 2. The van der Waals surface area contributed by atoms with Gasteiger partial charge in [0.15, 0.2) is 6.61 Å². The summed E-state index contributed by atoms with van der Waals surface area (Å²) >= 11 is 5.91. The van der Waals surface area contributed by atoms with Crippen LogP contribution in [0.3, 0.4) is 0 Å². The van der Waals surface area contributed by atoms with Crippen LogP contribution in [-0.4, -0.2) is 23.0 Å². The Balaban J connectivity index is 1.79. The van der Waals surface area contributed by atoms with Crippen LogP contribution in [0.1, 0.15) is 16.1 Å². The minimum Gasteiger partial charge on any atom is -0.484 e. The highest BCUT2D eigenvalue weighted by Crippen LogP contribution is 2.20. The molecule has 0 aliphatic heterocycles. The lowest BCUT2D eigenvalue weighted by Crippen LogP contribution is -2.44. The second kappa shape index (κ2) is 7.00. The van der Waals surface area contributed by atoms with Gasteiger partial charge in [0.25, 0.3) is 11.8 Å². The van der Waals surface area contributed by atoms with Gasteiger partial charge in [-0.05, 0) is 42.8 Å². The maximum absolute atomic E-state index is 11.8. The first kappa shape index (κ1) is 15.9. The van der Waals surface area contributed by atoms with Gasteiger partial charge in [-0.25, -0.2) is 0 Å². The molecule has 0 atom stereocenters. The van der Waals surface area contributed by atoms with Gasteiger partial charge in [-0.1, -0.05) is 11.6 Å². The number of rotatable bonds is 4. The lowest BCUT2D eigenvalue weighted by Gasteiger charge is -2.10. The van der Waals surface area contributed by atoms with Crippen molar-refractivity contribution < 1.29 is 14.3 Å². The van der Waals surface area contributed by atoms with Gasteiger partial charge in [0, 0.05) is 18.3 Å². The van der Waals surface area contributed by atoms with Crippen LogP contribution in [0, 0.1) is 6.92 Å². The summed E-state index contributed by atoms with van der Waals surface area (Å²) in [5.74, 6) is -0.329. The lowest BCUT2D eigenvalue weighted by atomic mass is 10.2. The van der Waals surface area contributed by atoms with E-state index in [9.17, 15) is 9.59 Å². The number of ether oxygens (including phenoxy) is 1. The van der Waals surface area contributed by atoms with Crippen molar-refractivity contribution in [3.63, 3.8) is 0 Å². The van der Waals surface area contributed by atoms with Crippen LogP contribution in [0.15, 0.2) is 36.5 Å². The molecular weight excluding hydrogens is 306 g/mol. The zero-order valence-electron chi connectivity index (χ0n) is 12.2. The van der Waals surface area contributed by atoms with Crippen LogP contribution in [0.25, 0.3) is 0 Å². The number of carbonyl (C=O) groups excluding carboxylic acids is 2. The Morgan fingerprint density at radius 3 is 2.68 bits per heavy atom. The Kier molecular flexibility index (Phi) is 5.06. The number of benzene rings is 1. The summed E-state index contributed by atoms with van der Waals surface area (Å²) in [6.07, 6.45) is 1.74. The molecule has 0 radical (unpaired) electrons. The fourth-order valence-corrected chi connectivity index (χ4v) is 1.90. The number of nitrogens with zero attached hydrogens (tertiary/aromatic N) is 1. The summed E-state index contributed by atoms with van der Waals surface area (Å²) in [4.78, 5) is 23.4. The molecular formula is C15H16ClN3O3. The van der Waals surface area contributed by atoms with Gasteiger partial charge in [0.2, 0.25) is 0 Å². The second-order valence-corrected chi connectivity index (χ2v) is 5.11. The molecule has 2 aromatic rings. The molecule has 0 aliphatic rings. The fraction of sp³-hybridized carbons (Fsp3) is 0.200. The van der Waals surface area contributed by atoms with Crippen LogP contribution in [-0.2, 0) is 11.8 Å². The van der Waals surface area contributed by atoms with Gasteiger partial charge in [0.05, 0.1) is 0 Å². The fourth-order valence-electron chi connectivity index (χ4n) is 1.78. The Morgan fingerprint density at radius 1 is 1.27 bits per heavy atom. The van der Waals surface area contributed by atoms with Crippen molar-refractivity contribution in [3.05, 3.63) is 52.8 Å². The smallest absolute Gasteiger partial charge is 0.286 e. The molecule has 2 rings (SSSR count). The van der Waals surface area contributed by atoms with Crippen LogP contribution in [0.2, 0.25) is 5.02 Å². The first-order valence-electron chi connectivity index (χ1n) is 6.57. The Morgan fingerprint density at radius 2 is 2.05 bits per heavy atom. The zero-order chi connectivity index (χ0) is 16.1. The number of carbonyl (C=O) groups is 2. The van der Waals surface area contributed by atoms with Crippen molar-refractivity contribution in [1.82, 2.24) is 15.4 Å². The largest absolute Gasteiger partial charge is 0.484 e. The van der Waals surface area contributed by atoms with Crippen LogP contribution in [0.4, 0.5) is 0 Å². The minimum atomic E-state index is -0.463. The van der Waals surface area contributed by atoms with Crippen LogP contribution < -0.4 is 15.6 Å². The molecule has 6 nitrogen and oxygen atoms in total. The van der Waals surface area contributed by atoms with E-state index < -0.39 is 11.8 Å². The highest BCUT2D eigenvalue weighted by atomic mass is 35.5. The Hall–Kier alpha value is -2.47.